The topological polar surface area (TPSA) is 66.4 Å². The van der Waals surface area contributed by atoms with Crippen molar-refractivity contribution in [1.29, 1.82) is 0 Å². The van der Waals surface area contributed by atoms with Crippen LogP contribution < -0.4 is 5.32 Å². The monoisotopic (exact) mass is 345 g/mol. The predicted molar refractivity (Wildman–Crippen MR) is 101 cm³/mol. The van der Waals surface area contributed by atoms with Gasteiger partial charge in [-0.15, -0.1) is 0 Å². The molecule has 4 nitrogen and oxygen atoms in total. The first-order valence-electron chi connectivity index (χ1n) is 8.61. The summed E-state index contributed by atoms with van der Waals surface area (Å²) in [5, 5.41) is 13.5. The fourth-order valence-corrected chi connectivity index (χ4v) is 3.74. The average Bonchev–Trinajstić information content (AvgIpc) is 2.63. The Hall–Kier alpha value is -3.14. The van der Waals surface area contributed by atoms with Crippen LogP contribution in [0.25, 0.3) is 0 Å². The number of benzene rings is 2. The molecule has 0 amide bonds. The molecule has 130 valence electrons. The highest BCUT2D eigenvalue weighted by molar-refractivity contribution is 6.21. The van der Waals surface area contributed by atoms with Gasteiger partial charge in [0.05, 0.1) is 28.7 Å². The Morgan fingerprint density at radius 1 is 0.846 bits per heavy atom. The number of anilines is 2. The van der Waals surface area contributed by atoms with E-state index in [1.165, 1.54) is 6.07 Å². The van der Waals surface area contributed by atoms with Gasteiger partial charge in [0.25, 0.3) is 0 Å². The molecule has 4 heteroatoms. The molecule has 0 spiro atoms. The summed E-state index contributed by atoms with van der Waals surface area (Å²) in [6, 6.07) is 9.11. The molecule has 0 radical (unpaired) electrons. The molecule has 0 aliphatic heterocycles. The number of aryl methyl sites for hydroxylation is 2. The van der Waals surface area contributed by atoms with Crippen molar-refractivity contribution >= 4 is 22.9 Å². The molecule has 2 aromatic rings. The van der Waals surface area contributed by atoms with Crippen molar-refractivity contribution in [2.75, 3.05) is 5.32 Å². The van der Waals surface area contributed by atoms with Gasteiger partial charge in [-0.1, -0.05) is 42.0 Å². The van der Waals surface area contributed by atoms with Crippen LogP contribution in [0.4, 0.5) is 11.4 Å². The number of hydrogen-bond acceptors (Lipinski definition) is 4. The highest BCUT2D eigenvalue weighted by Gasteiger charge is 2.42. The summed E-state index contributed by atoms with van der Waals surface area (Å²) in [6.45, 7) is 4.00. The summed E-state index contributed by atoms with van der Waals surface area (Å²) in [6.07, 6.45) is 7.06. The molecule has 0 bridgehead atoms. The van der Waals surface area contributed by atoms with Gasteiger partial charge in [-0.2, -0.15) is 0 Å². The van der Waals surface area contributed by atoms with Gasteiger partial charge in [-0.05, 0) is 37.6 Å². The molecule has 2 aliphatic carbocycles. The molecule has 0 fully saturated rings. The van der Waals surface area contributed by atoms with Crippen LogP contribution in [0.15, 0.2) is 54.6 Å². The third-order valence-electron chi connectivity index (χ3n) is 5.07. The third kappa shape index (κ3) is 2.46. The van der Waals surface area contributed by atoms with Gasteiger partial charge < -0.3 is 10.4 Å². The minimum absolute atomic E-state index is 0.117. The number of aromatic hydroxyl groups is 1. The molecule has 2 atom stereocenters. The second kappa shape index (κ2) is 5.99. The van der Waals surface area contributed by atoms with Crippen molar-refractivity contribution in [2.24, 2.45) is 11.8 Å². The summed E-state index contributed by atoms with van der Waals surface area (Å²) < 4.78 is 0. The van der Waals surface area contributed by atoms with Crippen LogP contribution >= 0.6 is 0 Å². The first-order chi connectivity index (χ1) is 12.5. The maximum Gasteiger partial charge on any atom is 0.175 e. The van der Waals surface area contributed by atoms with Crippen LogP contribution in [0.5, 0.6) is 5.75 Å². The van der Waals surface area contributed by atoms with Gasteiger partial charge in [0.15, 0.2) is 11.6 Å². The van der Waals surface area contributed by atoms with E-state index in [2.05, 4.69) is 5.32 Å². The second-order valence-corrected chi connectivity index (χ2v) is 6.88. The highest BCUT2D eigenvalue weighted by Crippen LogP contribution is 2.41. The number of rotatable bonds is 2. The van der Waals surface area contributed by atoms with Crippen LogP contribution in [0, 0.1) is 25.7 Å². The van der Waals surface area contributed by atoms with Crippen LogP contribution in [0.3, 0.4) is 0 Å². The smallest absolute Gasteiger partial charge is 0.175 e. The van der Waals surface area contributed by atoms with Gasteiger partial charge in [0, 0.05) is 5.69 Å². The zero-order valence-corrected chi connectivity index (χ0v) is 14.6. The number of Topliss-reactive ketones (excluding diaryl/α,β-unsaturated/α-hetero) is 2. The van der Waals surface area contributed by atoms with Crippen LogP contribution in [-0.2, 0) is 0 Å². The first kappa shape index (κ1) is 16.3. The van der Waals surface area contributed by atoms with Gasteiger partial charge in [0.1, 0.15) is 5.75 Å². The fraction of sp³-hybridized carbons (Fsp3) is 0.182. The Morgan fingerprint density at radius 2 is 1.46 bits per heavy atom. The maximum atomic E-state index is 13.1. The summed E-state index contributed by atoms with van der Waals surface area (Å²) in [4.78, 5) is 26.0. The summed E-state index contributed by atoms with van der Waals surface area (Å²) in [5.41, 5.74) is 3.99. The van der Waals surface area contributed by atoms with Crippen LogP contribution in [-0.4, -0.2) is 16.7 Å². The Bertz CT molecular complexity index is 1000. The van der Waals surface area contributed by atoms with Crippen molar-refractivity contribution in [3.8, 4) is 5.75 Å². The Kier molecular flexibility index (Phi) is 3.76. The minimum Gasteiger partial charge on any atom is -0.507 e. The Labute approximate surface area is 151 Å². The van der Waals surface area contributed by atoms with Crippen LogP contribution in [0.1, 0.15) is 31.8 Å². The summed E-state index contributed by atoms with van der Waals surface area (Å²) >= 11 is 0. The first-order valence-corrected chi connectivity index (χ1v) is 8.61. The Balaban J connectivity index is 1.85. The van der Waals surface area contributed by atoms with Crippen molar-refractivity contribution < 1.29 is 14.7 Å². The lowest BCUT2D eigenvalue weighted by molar-refractivity contribution is 0.0799. The number of carbonyl (C=O) groups excluding carboxylic acids is 2. The van der Waals surface area contributed by atoms with E-state index in [0.717, 1.165) is 16.8 Å². The van der Waals surface area contributed by atoms with Crippen molar-refractivity contribution in [2.45, 2.75) is 13.8 Å². The molecule has 0 heterocycles. The maximum absolute atomic E-state index is 13.1. The lowest BCUT2D eigenvalue weighted by Crippen LogP contribution is -2.35. The molecule has 2 unspecified atom stereocenters. The van der Waals surface area contributed by atoms with Gasteiger partial charge >= 0.3 is 0 Å². The van der Waals surface area contributed by atoms with E-state index in [-0.39, 0.29) is 28.4 Å². The molecular weight excluding hydrogens is 326 g/mol. The summed E-state index contributed by atoms with van der Waals surface area (Å²) in [7, 11) is 0. The molecule has 2 N–H and O–H groups in total. The SMILES string of the molecule is Cc1ccc(Nc2ccc(O)c3c2C(=O)C2C=CC=CC2C3=O)c(C)c1. The Morgan fingerprint density at radius 3 is 2.12 bits per heavy atom. The lowest BCUT2D eigenvalue weighted by atomic mass is 9.71. The minimum atomic E-state index is -0.540. The quantitative estimate of drug-likeness (QED) is 0.787. The molecular formula is C22H19NO3. The highest BCUT2D eigenvalue weighted by atomic mass is 16.3. The largest absolute Gasteiger partial charge is 0.507 e. The lowest BCUT2D eigenvalue weighted by Gasteiger charge is -2.30. The second-order valence-electron chi connectivity index (χ2n) is 6.88. The molecule has 26 heavy (non-hydrogen) atoms. The molecule has 2 aromatic carbocycles. The van der Waals surface area contributed by atoms with E-state index in [0.29, 0.717) is 5.69 Å². The fourth-order valence-electron chi connectivity index (χ4n) is 3.74. The molecule has 2 aliphatic rings. The number of ketones is 2. The number of carbonyl (C=O) groups is 2. The van der Waals surface area contributed by atoms with Gasteiger partial charge in [-0.25, -0.2) is 0 Å². The van der Waals surface area contributed by atoms with Crippen molar-refractivity contribution in [3.05, 3.63) is 76.9 Å². The molecule has 0 aromatic heterocycles. The predicted octanol–water partition coefficient (Wildman–Crippen LogP) is 4.49. The van der Waals surface area contributed by atoms with Gasteiger partial charge in [-0.3, -0.25) is 9.59 Å². The zero-order valence-electron chi connectivity index (χ0n) is 14.6. The van der Waals surface area contributed by atoms with E-state index in [9.17, 15) is 14.7 Å². The normalized spacial score (nSPS) is 20.7. The molecule has 0 saturated carbocycles. The third-order valence-corrected chi connectivity index (χ3v) is 5.07. The number of phenols is 1. The zero-order chi connectivity index (χ0) is 18.4. The van der Waals surface area contributed by atoms with E-state index in [4.69, 9.17) is 0 Å². The number of fused-ring (bicyclic) bond motifs is 2. The number of nitrogens with one attached hydrogen (secondary N) is 1. The van der Waals surface area contributed by atoms with Crippen molar-refractivity contribution in [1.82, 2.24) is 0 Å². The van der Waals surface area contributed by atoms with E-state index in [1.807, 2.05) is 32.0 Å². The van der Waals surface area contributed by atoms with Crippen LogP contribution in [0.2, 0.25) is 0 Å². The number of phenolic OH excluding ortho intramolecular Hbond substituents is 1. The van der Waals surface area contributed by atoms with E-state index >= 15 is 0 Å². The molecule has 0 saturated heterocycles. The van der Waals surface area contributed by atoms with Crippen molar-refractivity contribution in [3.63, 3.8) is 0 Å². The van der Waals surface area contributed by atoms with E-state index in [1.54, 1.807) is 30.4 Å². The standard InChI is InChI=1S/C22H19NO3/c1-12-7-8-16(13(2)11-12)23-17-9-10-18(24)20-19(17)21(25)14-5-3-4-6-15(14)22(20)26/h3-11,14-15,23-24H,1-2H3. The number of allylic oxidation sites excluding steroid dienone is 4. The summed E-state index contributed by atoms with van der Waals surface area (Å²) in [5.74, 6) is -1.56. The number of hydrogen-bond donors (Lipinski definition) is 2. The average molecular weight is 345 g/mol. The molecule has 4 rings (SSSR count). The van der Waals surface area contributed by atoms with E-state index < -0.39 is 11.8 Å². The van der Waals surface area contributed by atoms with Gasteiger partial charge in [0.2, 0.25) is 0 Å².